The van der Waals surface area contributed by atoms with Crippen LogP contribution in [0.3, 0.4) is 0 Å². The van der Waals surface area contributed by atoms with Crippen LogP contribution in [0.25, 0.3) is 0 Å². The minimum absolute atomic E-state index is 0.0376. The van der Waals surface area contributed by atoms with E-state index in [2.05, 4.69) is 10.3 Å². The Balaban J connectivity index is 2.52. The molecule has 0 radical (unpaired) electrons. The van der Waals surface area contributed by atoms with Crippen molar-refractivity contribution >= 4 is 5.82 Å². The number of anilines is 1. The van der Waals surface area contributed by atoms with E-state index in [4.69, 9.17) is 5.11 Å². The number of aryl methyl sites for hydroxylation is 1. The molecule has 1 aromatic heterocycles. The van der Waals surface area contributed by atoms with E-state index >= 15 is 0 Å². The largest absolute Gasteiger partial charge is 0.414 e. The molecule has 1 aromatic rings. The molecule has 0 spiro atoms. The summed E-state index contributed by atoms with van der Waals surface area (Å²) < 4.78 is 37.1. The third-order valence-corrected chi connectivity index (χ3v) is 2.10. The Labute approximate surface area is 94.9 Å². The van der Waals surface area contributed by atoms with Crippen LogP contribution in [-0.2, 0) is 7.05 Å². The van der Waals surface area contributed by atoms with Crippen molar-refractivity contribution in [1.29, 1.82) is 0 Å². The van der Waals surface area contributed by atoms with Gasteiger partial charge in [-0.1, -0.05) is 0 Å². The zero-order valence-corrected chi connectivity index (χ0v) is 9.03. The van der Waals surface area contributed by atoms with Crippen molar-refractivity contribution in [3.8, 4) is 0 Å². The monoisotopic (exact) mass is 251 g/mol. The van der Waals surface area contributed by atoms with Gasteiger partial charge in [0, 0.05) is 26.0 Å². The molecule has 0 saturated heterocycles. The van der Waals surface area contributed by atoms with Gasteiger partial charge in [0.1, 0.15) is 0 Å². The molecule has 0 amide bonds. The number of rotatable bonds is 4. The summed E-state index contributed by atoms with van der Waals surface area (Å²) in [6.45, 7) is -0.188. The molecule has 1 atom stereocenters. The highest BCUT2D eigenvalue weighted by Crippen LogP contribution is 2.21. The van der Waals surface area contributed by atoms with Crippen LogP contribution in [-0.4, -0.2) is 33.5 Å². The van der Waals surface area contributed by atoms with E-state index in [1.54, 1.807) is 0 Å². The maximum Gasteiger partial charge on any atom is 0.414 e. The Morgan fingerprint density at radius 3 is 2.82 bits per heavy atom. The molecular formula is C9H12F3N3O2. The lowest BCUT2D eigenvalue weighted by Gasteiger charge is -2.14. The van der Waals surface area contributed by atoms with E-state index in [0.717, 1.165) is 0 Å². The molecule has 1 heterocycles. The lowest BCUT2D eigenvalue weighted by atomic mass is 10.2. The van der Waals surface area contributed by atoms with Gasteiger partial charge in [0.15, 0.2) is 11.9 Å². The molecule has 96 valence electrons. The number of halogens is 3. The minimum Gasteiger partial charge on any atom is -0.384 e. The molecule has 0 aliphatic rings. The number of hydrogen-bond acceptors (Lipinski definition) is 4. The molecule has 5 nitrogen and oxygen atoms in total. The normalized spacial score (nSPS) is 13.5. The number of nitrogens with one attached hydrogen (secondary N) is 1. The minimum atomic E-state index is -4.64. The molecule has 0 aliphatic heterocycles. The molecule has 0 bridgehead atoms. The SMILES string of the molecule is Cn1ccnc(NCCC(O)C(F)(F)F)c1=O. The van der Waals surface area contributed by atoms with E-state index < -0.39 is 24.3 Å². The van der Waals surface area contributed by atoms with E-state index in [0.29, 0.717) is 0 Å². The van der Waals surface area contributed by atoms with E-state index in [-0.39, 0.29) is 12.4 Å². The Morgan fingerprint density at radius 2 is 2.24 bits per heavy atom. The summed E-state index contributed by atoms with van der Waals surface area (Å²) in [6, 6.07) is 0. The van der Waals surface area contributed by atoms with Crippen molar-refractivity contribution in [3.63, 3.8) is 0 Å². The number of nitrogens with zero attached hydrogens (tertiary/aromatic N) is 2. The first kappa shape index (κ1) is 13.5. The summed E-state index contributed by atoms with van der Waals surface area (Å²) in [5, 5.41) is 11.2. The summed E-state index contributed by atoms with van der Waals surface area (Å²) in [4.78, 5) is 15.1. The number of alkyl halides is 3. The van der Waals surface area contributed by atoms with Crippen molar-refractivity contribution in [1.82, 2.24) is 9.55 Å². The summed E-state index contributed by atoms with van der Waals surface area (Å²) >= 11 is 0. The van der Waals surface area contributed by atoms with Gasteiger partial charge in [-0.05, 0) is 6.42 Å². The smallest absolute Gasteiger partial charge is 0.384 e. The third kappa shape index (κ3) is 3.74. The standard InChI is InChI=1S/C9H12F3N3O2/c1-15-5-4-14-7(8(15)17)13-3-2-6(16)9(10,11)12/h4-6,16H,2-3H2,1H3,(H,13,14). The van der Waals surface area contributed by atoms with E-state index in [1.165, 1.54) is 24.0 Å². The first-order valence-corrected chi connectivity index (χ1v) is 4.82. The van der Waals surface area contributed by atoms with Gasteiger partial charge in [-0.2, -0.15) is 13.2 Å². The zero-order chi connectivity index (χ0) is 13.1. The predicted molar refractivity (Wildman–Crippen MR) is 54.6 cm³/mol. The fraction of sp³-hybridized carbons (Fsp3) is 0.556. The number of aromatic nitrogens is 2. The molecule has 8 heteroatoms. The first-order chi connectivity index (χ1) is 7.82. The van der Waals surface area contributed by atoms with Crippen molar-refractivity contribution in [3.05, 3.63) is 22.7 Å². The van der Waals surface area contributed by atoms with Crippen LogP contribution in [0.15, 0.2) is 17.2 Å². The van der Waals surface area contributed by atoms with Crippen molar-refractivity contribution in [2.45, 2.75) is 18.7 Å². The van der Waals surface area contributed by atoms with Gasteiger partial charge in [-0.15, -0.1) is 0 Å². The maximum atomic E-state index is 12.0. The topological polar surface area (TPSA) is 67.2 Å². The van der Waals surface area contributed by atoms with Gasteiger partial charge in [0.05, 0.1) is 0 Å². The molecule has 0 saturated carbocycles. The average Bonchev–Trinajstić information content (AvgIpc) is 2.22. The highest BCUT2D eigenvalue weighted by molar-refractivity contribution is 5.30. The van der Waals surface area contributed by atoms with E-state index in [9.17, 15) is 18.0 Å². The molecule has 0 aromatic carbocycles. The van der Waals surface area contributed by atoms with Gasteiger partial charge in [-0.3, -0.25) is 4.79 Å². The second-order valence-corrected chi connectivity index (χ2v) is 3.46. The fourth-order valence-corrected chi connectivity index (χ4v) is 1.11. The van der Waals surface area contributed by atoms with Crippen LogP contribution in [0, 0.1) is 0 Å². The van der Waals surface area contributed by atoms with Gasteiger partial charge < -0.3 is 15.0 Å². The highest BCUT2D eigenvalue weighted by atomic mass is 19.4. The van der Waals surface area contributed by atoms with Crippen LogP contribution >= 0.6 is 0 Å². The number of aliphatic hydroxyl groups excluding tert-OH is 1. The summed E-state index contributed by atoms with van der Waals surface area (Å²) in [6.07, 6.45) is -4.80. The lowest BCUT2D eigenvalue weighted by Crippen LogP contribution is -2.31. The van der Waals surface area contributed by atoms with Crippen LogP contribution in [0.4, 0.5) is 19.0 Å². The summed E-state index contributed by atoms with van der Waals surface area (Å²) in [5.74, 6) is -0.0376. The van der Waals surface area contributed by atoms with Crippen LogP contribution in [0.2, 0.25) is 0 Å². The number of hydrogen-bond donors (Lipinski definition) is 2. The molecule has 1 rings (SSSR count). The van der Waals surface area contributed by atoms with Crippen molar-refractivity contribution < 1.29 is 18.3 Å². The quantitative estimate of drug-likeness (QED) is 0.818. The second-order valence-electron chi connectivity index (χ2n) is 3.46. The summed E-state index contributed by atoms with van der Waals surface area (Å²) in [5.41, 5.74) is -0.436. The number of aliphatic hydroxyl groups is 1. The lowest BCUT2D eigenvalue weighted by molar-refractivity contribution is -0.204. The van der Waals surface area contributed by atoms with Crippen LogP contribution in [0.1, 0.15) is 6.42 Å². The Kier molecular flexibility index (Phi) is 4.11. The molecule has 17 heavy (non-hydrogen) atoms. The summed E-state index contributed by atoms with van der Waals surface area (Å²) in [7, 11) is 1.50. The third-order valence-electron chi connectivity index (χ3n) is 2.10. The van der Waals surface area contributed by atoms with Gasteiger partial charge in [0.2, 0.25) is 0 Å². The molecule has 0 fully saturated rings. The zero-order valence-electron chi connectivity index (χ0n) is 9.03. The van der Waals surface area contributed by atoms with E-state index in [1.807, 2.05) is 0 Å². The predicted octanol–water partition coefficient (Wildman–Crippen LogP) is 0.505. The average molecular weight is 251 g/mol. The molecule has 1 unspecified atom stereocenters. The fourth-order valence-electron chi connectivity index (χ4n) is 1.11. The molecule has 2 N–H and O–H groups in total. The van der Waals surface area contributed by atoms with Crippen molar-refractivity contribution in [2.24, 2.45) is 7.05 Å². The first-order valence-electron chi connectivity index (χ1n) is 4.82. The Bertz CT molecular complexity index is 430. The Hall–Kier alpha value is -1.57. The van der Waals surface area contributed by atoms with Gasteiger partial charge in [0.25, 0.3) is 5.56 Å². The van der Waals surface area contributed by atoms with Crippen LogP contribution < -0.4 is 10.9 Å². The van der Waals surface area contributed by atoms with Gasteiger partial charge in [-0.25, -0.2) is 4.98 Å². The Morgan fingerprint density at radius 1 is 1.59 bits per heavy atom. The van der Waals surface area contributed by atoms with Crippen LogP contribution in [0.5, 0.6) is 0 Å². The maximum absolute atomic E-state index is 12.0. The second kappa shape index (κ2) is 5.17. The molecule has 0 aliphatic carbocycles. The highest BCUT2D eigenvalue weighted by Gasteiger charge is 2.37. The van der Waals surface area contributed by atoms with Crippen molar-refractivity contribution in [2.75, 3.05) is 11.9 Å². The molecular weight excluding hydrogens is 239 g/mol. The van der Waals surface area contributed by atoms with Gasteiger partial charge >= 0.3 is 6.18 Å².